The third-order valence-corrected chi connectivity index (χ3v) is 2.21. The standard InChI is InChI=1S/C13H21N5O/c1-3-7-16-13(15-4-2)17-10-12(19)18-11-6-5-8-14-9-11/h5-6,8-9H,3-4,7,10H2,1-2H3,(H,18,19)(H2,15,16,17). The summed E-state index contributed by atoms with van der Waals surface area (Å²) in [5, 5.41) is 8.95. The Kier molecular flexibility index (Phi) is 7.01. The van der Waals surface area contributed by atoms with Crippen molar-refractivity contribution in [2.45, 2.75) is 20.3 Å². The molecule has 0 saturated heterocycles. The number of pyridine rings is 1. The lowest BCUT2D eigenvalue weighted by molar-refractivity contribution is -0.114. The number of aliphatic imine (C=N–C) groups is 1. The van der Waals surface area contributed by atoms with Crippen LogP contribution >= 0.6 is 0 Å². The molecule has 0 spiro atoms. The third kappa shape index (κ3) is 6.40. The number of hydrogen-bond acceptors (Lipinski definition) is 3. The van der Waals surface area contributed by atoms with Crippen molar-refractivity contribution in [2.24, 2.45) is 4.99 Å². The van der Waals surface area contributed by atoms with Crippen molar-refractivity contribution >= 4 is 17.6 Å². The number of carbonyl (C=O) groups excluding carboxylic acids is 1. The van der Waals surface area contributed by atoms with Gasteiger partial charge < -0.3 is 16.0 Å². The molecule has 1 rings (SSSR count). The highest BCUT2D eigenvalue weighted by molar-refractivity contribution is 5.93. The van der Waals surface area contributed by atoms with Crippen molar-refractivity contribution in [3.05, 3.63) is 24.5 Å². The highest BCUT2D eigenvalue weighted by atomic mass is 16.1. The van der Waals surface area contributed by atoms with Gasteiger partial charge in [0.05, 0.1) is 11.9 Å². The van der Waals surface area contributed by atoms with E-state index in [2.05, 4.69) is 32.9 Å². The van der Waals surface area contributed by atoms with Gasteiger partial charge in [-0.25, -0.2) is 4.99 Å². The minimum absolute atomic E-state index is 0.0773. The van der Waals surface area contributed by atoms with Crippen LogP contribution in [0.4, 0.5) is 5.69 Å². The van der Waals surface area contributed by atoms with Crippen LogP contribution in [0.1, 0.15) is 20.3 Å². The van der Waals surface area contributed by atoms with Gasteiger partial charge in [-0.2, -0.15) is 0 Å². The Morgan fingerprint density at radius 2 is 2.21 bits per heavy atom. The number of rotatable bonds is 6. The molecule has 1 heterocycles. The second-order valence-electron chi connectivity index (χ2n) is 3.91. The van der Waals surface area contributed by atoms with Crippen LogP contribution in [0.5, 0.6) is 0 Å². The zero-order valence-electron chi connectivity index (χ0n) is 11.4. The van der Waals surface area contributed by atoms with Crippen LogP contribution in [0.25, 0.3) is 0 Å². The average molecular weight is 263 g/mol. The number of aromatic nitrogens is 1. The first kappa shape index (κ1) is 14.9. The highest BCUT2D eigenvalue weighted by Gasteiger charge is 2.02. The summed E-state index contributed by atoms with van der Waals surface area (Å²) in [6.45, 7) is 5.73. The van der Waals surface area contributed by atoms with Gasteiger partial charge in [0.15, 0.2) is 5.96 Å². The molecule has 6 nitrogen and oxygen atoms in total. The van der Waals surface area contributed by atoms with Crippen molar-refractivity contribution in [3.63, 3.8) is 0 Å². The third-order valence-electron chi connectivity index (χ3n) is 2.21. The summed E-state index contributed by atoms with van der Waals surface area (Å²) in [6.07, 6.45) is 4.26. The smallest absolute Gasteiger partial charge is 0.246 e. The van der Waals surface area contributed by atoms with Gasteiger partial charge in [0.1, 0.15) is 6.54 Å². The summed E-state index contributed by atoms with van der Waals surface area (Å²) in [5.41, 5.74) is 0.675. The van der Waals surface area contributed by atoms with Crippen LogP contribution in [0, 0.1) is 0 Å². The van der Waals surface area contributed by atoms with E-state index in [-0.39, 0.29) is 12.5 Å². The Bertz CT molecular complexity index is 405. The first-order chi connectivity index (χ1) is 9.26. The summed E-state index contributed by atoms with van der Waals surface area (Å²) >= 11 is 0. The number of guanidine groups is 1. The molecule has 19 heavy (non-hydrogen) atoms. The first-order valence-electron chi connectivity index (χ1n) is 6.48. The molecule has 1 aromatic rings. The molecule has 0 unspecified atom stereocenters. The van der Waals surface area contributed by atoms with Gasteiger partial charge >= 0.3 is 0 Å². The molecule has 1 aromatic heterocycles. The van der Waals surface area contributed by atoms with Crippen molar-refractivity contribution in [2.75, 3.05) is 25.0 Å². The quantitative estimate of drug-likeness (QED) is 0.528. The molecule has 0 aliphatic carbocycles. The maximum absolute atomic E-state index is 11.7. The van der Waals surface area contributed by atoms with Crippen LogP contribution in [0.2, 0.25) is 0 Å². The second kappa shape index (κ2) is 8.91. The molecule has 0 fully saturated rings. The van der Waals surface area contributed by atoms with Gasteiger partial charge in [-0.1, -0.05) is 6.92 Å². The lowest BCUT2D eigenvalue weighted by atomic mass is 10.4. The molecule has 0 aliphatic rings. The number of hydrogen-bond donors (Lipinski definition) is 3. The van der Waals surface area contributed by atoms with Crippen LogP contribution in [-0.2, 0) is 4.79 Å². The number of amides is 1. The van der Waals surface area contributed by atoms with E-state index in [9.17, 15) is 4.79 Å². The Morgan fingerprint density at radius 3 is 2.84 bits per heavy atom. The molecule has 0 aromatic carbocycles. The summed E-state index contributed by atoms with van der Waals surface area (Å²) < 4.78 is 0. The largest absolute Gasteiger partial charge is 0.357 e. The maximum Gasteiger partial charge on any atom is 0.246 e. The summed E-state index contributed by atoms with van der Waals surface area (Å²) in [7, 11) is 0. The summed E-state index contributed by atoms with van der Waals surface area (Å²) in [4.78, 5) is 19.8. The Morgan fingerprint density at radius 1 is 1.37 bits per heavy atom. The van der Waals surface area contributed by atoms with E-state index in [1.165, 1.54) is 0 Å². The molecule has 0 radical (unpaired) electrons. The van der Waals surface area contributed by atoms with Crippen molar-refractivity contribution in [3.8, 4) is 0 Å². The Balaban J connectivity index is 2.45. The van der Waals surface area contributed by atoms with E-state index >= 15 is 0 Å². The van der Waals surface area contributed by atoms with E-state index in [1.54, 1.807) is 24.5 Å². The van der Waals surface area contributed by atoms with Crippen molar-refractivity contribution in [1.82, 2.24) is 15.6 Å². The van der Waals surface area contributed by atoms with E-state index in [0.717, 1.165) is 19.5 Å². The molecule has 3 N–H and O–H groups in total. The van der Waals surface area contributed by atoms with Gasteiger partial charge in [0, 0.05) is 19.3 Å². The minimum Gasteiger partial charge on any atom is -0.357 e. The number of nitrogens with zero attached hydrogens (tertiary/aromatic N) is 2. The van der Waals surface area contributed by atoms with E-state index in [0.29, 0.717) is 11.6 Å². The number of nitrogens with one attached hydrogen (secondary N) is 3. The molecule has 1 amide bonds. The molecule has 6 heteroatoms. The van der Waals surface area contributed by atoms with Gasteiger partial charge in [0.25, 0.3) is 0 Å². The molecule has 0 atom stereocenters. The molecule has 0 saturated carbocycles. The fourth-order valence-corrected chi connectivity index (χ4v) is 1.37. The summed E-state index contributed by atoms with van der Waals surface area (Å²) in [6, 6.07) is 3.56. The van der Waals surface area contributed by atoms with Crippen LogP contribution in [0.3, 0.4) is 0 Å². The van der Waals surface area contributed by atoms with E-state index < -0.39 is 0 Å². The predicted molar refractivity (Wildman–Crippen MR) is 77.1 cm³/mol. The fourth-order valence-electron chi connectivity index (χ4n) is 1.37. The summed E-state index contributed by atoms with van der Waals surface area (Å²) in [5.74, 6) is 0.493. The molecule has 104 valence electrons. The topological polar surface area (TPSA) is 78.4 Å². The van der Waals surface area contributed by atoms with E-state index in [1.807, 2.05) is 6.92 Å². The SMILES string of the molecule is CCCNC(=NCC(=O)Nc1cccnc1)NCC. The Hall–Kier alpha value is -2.11. The Labute approximate surface area is 113 Å². The predicted octanol–water partition coefficient (Wildman–Crippen LogP) is 0.985. The van der Waals surface area contributed by atoms with E-state index in [4.69, 9.17) is 0 Å². The molecular formula is C13H21N5O. The van der Waals surface area contributed by atoms with Crippen LogP contribution in [-0.4, -0.2) is 36.5 Å². The molecule has 0 aliphatic heterocycles. The van der Waals surface area contributed by atoms with Crippen LogP contribution in [0.15, 0.2) is 29.5 Å². The van der Waals surface area contributed by atoms with Crippen molar-refractivity contribution < 1.29 is 4.79 Å². The molecule has 0 bridgehead atoms. The average Bonchev–Trinajstić information content (AvgIpc) is 2.43. The first-order valence-corrected chi connectivity index (χ1v) is 6.48. The fraction of sp³-hybridized carbons (Fsp3) is 0.462. The lowest BCUT2D eigenvalue weighted by Gasteiger charge is -2.10. The maximum atomic E-state index is 11.7. The number of anilines is 1. The zero-order valence-corrected chi connectivity index (χ0v) is 11.4. The normalized spacial score (nSPS) is 10.9. The second-order valence-corrected chi connectivity index (χ2v) is 3.91. The van der Waals surface area contributed by atoms with Gasteiger partial charge in [-0.3, -0.25) is 9.78 Å². The van der Waals surface area contributed by atoms with Gasteiger partial charge in [-0.15, -0.1) is 0 Å². The molecular weight excluding hydrogens is 242 g/mol. The monoisotopic (exact) mass is 263 g/mol. The lowest BCUT2D eigenvalue weighted by Crippen LogP contribution is -2.38. The van der Waals surface area contributed by atoms with Gasteiger partial charge in [-0.05, 0) is 25.5 Å². The number of carbonyl (C=O) groups is 1. The minimum atomic E-state index is -0.165. The highest BCUT2D eigenvalue weighted by Crippen LogP contribution is 2.01. The van der Waals surface area contributed by atoms with Gasteiger partial charge in [0.2, 0.25) is 5.91 Å². The van der Waals surface area contributed by atoms with Crippen LogP contribution < -0.4 is 16.0 Å². The zero-order chi connectivity index (χ0) is 13.9. The van der Waals surface area contributed by atoms with Crippen molar-refractivity contribution in [1.29, 1.82) is 0 Å².